The molecule has 1 unspecified atom stereocenters. The molecule has 86 valence electrons. The monoisotopic (exact) mass is 212 g/mol. The van der Waals surface area contributed by atoms with E-state index in [-0.39, 0.29) is 0 Å². The topological polar surface area (TPSA) is 52.6 Å². The van der Waals surface area contributed by atoms with Crippen LogP contribution in [0.2, 0.25) is 0 Å². The Bertz CT molecular complexity index is 251. The molecule has 1 rings (SSSR count). The summed E-state index contributed by atoms with van der Waals surface area (Å²) in [4.78, 5) is 12.8. The molecule has 0 aromatic carbocycles. The normalized spacial score (nSPS) is 23.3. The number of hydrogen-bond acceptors (Lipinski definition) is 3. The van der Waals surface area contributed by atoms with Crippen molar-refractivity contribution >= 4 is 5.97 Å². The van der Waals surface area contributed by atoms with Gasteiger partial charge in [0.15, 0.2) is 0 Å². The minimum Gasteiger partial charge on any atom is -0.478 e. The highest BCUT2D eigenvalue weighted by atomic mass is 16.4. The minimum absolute atomic E-state index is 0.408. The van der Waals surface area contributed by atoms with Gasteiger partial charge in [-0.05, 0) is 39.4 Å². The van der Waals surface area contributed by atoms with E-state index in [0.29, 0.717) is 18.0 Å². The quantitative estimate of drug-likeness (QED) is 0.516. The minimum atomic E-state index is -0.836. The number of rotatable bonds is 5. The smallest absolute Gasteiger partial charge is 0.330 e. The SMILES string of the molecule is C/C(=C/CNCC1CCN(C)C1)C(=O)O. The first-order chi connectivity index (χ1) is 7.09. The number of carbonyl (C=O) groups is 1. The van der Waals surface area contributed by atoms with E-state index < -0.39 is 5.97 Å². The highest BCUT2D eigenvalue weighted by molar-refractivity contribution is 5.85. The Morgan fingerprint density at radius 3 is 2.93 bits per heavy atom. The van der Waals surface area contributed by atoms with Gasteiger partial charge in [0.2, 0.25) is 0 Å². The van der Waals surface area contributed by atoms with Gasteiger partial charge in [0.1, 0.15) is 0 Å². The van der Waals surface area contributed by atoms with E-state index in [1.165, 1.54) is 13.0 Å². The van der Waals surface area contributed by atoms with E-state index in [2.05, 4.69) is 17.3 Å². The predicted octanol–water partition coefficient (Wildman–Crippen LogP) is 0.559. The Labute approximate surface area is 91.0 Å². The van der Waals surface area contributed by atoms with E-state index in [1.54, 1.807) is 13.0 Å². The maximum Gasteiger partial charge on any atom is 0.330 e. The maximum atomic E-state index is 10.5. The lowest BCUT2D eigenvalue weighted by Crippen LogP contribution is -2.25. The van der Waals surface area contributed by atoms with Gasteiger partial charge in [-0.3, -0.25) is 0 Å². The first kappa shape index (κ1) is 12.2. The average Bonchev–Trinajstić information content (AvgIpc) is 2.58. The number of nitrogens with one attached hydrogen (secondary N) is 1. The van der Waals surface area contributed by atoms with Gasteiger partial charge in [0.25, 0.3) is 0 Å². The molecule has 0 saturated carbocycles. The number of carboxylic acids is 1. The Hall–Kier alpha value is -0.870. The molecule has 1 saturated heterocycles. The fourth-order valence-corrected chi connectivity index (χ4v) is 1.79. The van der Waals surface area contributed by atoms with Crippen molar-refractivity contribution in [3.8, 4) is 0 Å². The molecule has 4 heteroatoms. The number of carboxylic acid groups (broad SMARTS) is 1. The summed E-state index contributed by atoms with van der Waals surface area (Å²) in [6, 6.07) is 0. The molecule has 15 heavy (non-hydrogen) atoms. The molecule has 1 heterocycles. The summed E-state index contributed by atoms with van der Waals surface area (Å²) in [7, 11) is 2.13. The molecule has 1 atom stereocenters. The van der Waals surface area contributed by atoms with Gasteiger partial charge in [0.05, 0.1) is 0 Å². The number of likely N-dealkylation sites (tertiary alicyclic amines) is 1. The van der Waals surface area contributed by atoms with Crippen LogP contribution in [0.4, 0.5) is 0 Å². The maximum absolute atomic E-state index is 10.5. The van der Waals surface area contributed by atoms with Crippen molar-refractivity contribution in [3.63, 3.8) is 0 Å². The lowest BCUT2D eigenvalue weighted by atomic mass is 10.1. The second-order valence-corrected chi connectivity index (χ2v) is 4.27. The van der Waals surface area contributed by atoms with Crippen molar-refractivity contribution in [2.24, 2.45) is 5.92 Å². The van der Waals surface area contributed by atoms with Crippen LogP contribution in [0.3, 0.4) is 0 Å². The van der Waals surface area contributed by atoms with E-state index >= 15 is 0 Å². The van der Waals surface area contributed by atoms with Crippen LogP contribution in [0.15, 0.2) is 11.6 Å². The summed E-state index contributed by atoms with van der Waals surface area (Å²) in [5.41, 5.74) is 0.408. The second kappa shape index (κ2) is 5.88. The van der Waals surface area contributed by atoms with E-state index in [1.807, 2.05) is 0 Å². The zero-order valence-electron chi connectivity index (χ0n) is 9.49. The molecule has 0 aliphatic carbocycles. The Kier molecular flexibility index (Phi) is 4.78. The molecule has 0 aromatic rings. The van der Waals surface area contributed by atoms with Crippen LogP contribution in [0.1, 0.15) is 13.3 Å². The fraction of sp³-hybridized carbons (Fsp3) is 0.727. The highest BCUT2D eigenvalue weighted by Gasteiger charge is 2.18. The predicted molar refractivity (Wildman–Crippen MR) is 59.9 cm³/mol. The molecule has 1 fully saturated rings. The molecule has 4 nitrogen and oxygen atoms in total. The van der Waals surface area contributed by atoms with E-state index in [4.69, 9.17) is 5.11 Å². The van der Waals surface area contributed by atoms with Gasteiger partial charge in [0, 0.05) is 18.7 Å². The molecule has 0 spiro atoms. The van der Waals surface area contributed by atoms with Crippen LogP contribution < -0.4 is 5.32 Å². The summed E-state index contributed by atoms with van der Waals surface area (Å²) in [6.07, 6.45) is 2.96. The van der Waals surface area contributed by atoms with Crippen LogP contribution in [0.5, 0.6) is 0 Å². The number of nitrogens with zero attached hydrogens (tertiary/aromatic N) is 1. The molecule has 0 radical (unpaired) electrons. The largest absolute Gasteiger partial charge is 0.478 e. The summed E-state index contributed by atoms with van der Waals surface area (Å²) >= 11 is 0. The summed E-state index contributed by atoms with van der Waals surface area (Å²) in [5.74, 6) is -0.120. The summed E-state index contributed by atoms with van der Waals surface area (Å²) < 4.78 is 0. The zero-order valence-corrected chi connectivity index (χ0v) is 9.49. The van der Waals surface area contributed by atoms with E-state index in [9.17, 15) is 4.79 Å². The van der Waals surface area contributed by atoms with Gasteiger partial charge in [-0.15, -0.1) is 0 Å². The van der Waals surface area contributed by atoms with Crippen LogP contribution in [0.25, 0.3) is 0 Å². The van der Waals surface area contributed by atoms with Crippen LogP contribution in [-0.2, 0) is 4.79 Å². The van der Waals surface area contributed by atoms with Gasteiger partial charge in [-0.25, -0.2) is 4.79 Å². The number of aliphatic carboxylic acids is 1. The summed E-state index contributed by atoms with van der Waals surface area (Å²) in [6.45, 7) is 5.57. The molecule has 1 aliphatic heterocycles. The van der Waals surface area contributed by atoms with Crippen molar-refractivity contribution in [1.29, 1.82) is 0 Å². The molecule has 2 N–H and O–H groups in total. The first-order valence-electron chi connectivity index (χ1n) is 5.39. The Morgan fingerprint density at radius 2 is 2.40 bits per heavy atom. The molecular formula is C11H20N2O2. The van der Waals surface area contributed by atoms with Crippen LogP contribution in [-0.4, -0.2) is 49.2 Å². The molecule has 1 aliphatic rings. The van der Waals surface area contributed by atoms with Gasteiger partial charge in [-0.1, -0.05) is 6.08 Å². The highest BCUT2D eigenvalue weighted by Crippen LogP contribution is 2.12. The molecular weight excluding hydrogens is 192 g/mol. The van der Waals surface area contributed by atoms with Crippen molar-refractivity contribution in [2.75, 3.05) is 33.2 Å². The third kappa shape index (κ3) is 4.44. The average molecular weight is 212 g/mol. The lowest BCUT2D eigenvalue weighted by Gasteiger charge is -2.10. The summed E-state index contributed by atoms with van der Waals surface area (Å²) in [5, 5.41) is 11.9. The van der Waals surface area contributed by atoms with Crippen molar-refractivity contribution < 1.29 is 9.90 Å². The Balaban J connectivity index is 2.11. The second-order valence-electron chi connectivity index (χ2n) is 4.27. The lowest BCUT2D eigenvalue weighted by molar-refractivity contribution is -0.132. The van der Waals surface area contributed by atoms with Gasteiger partial charge >= 0.3 is 5.97 Å². The van der Waals surface area contributed by atoms with Gasteiger partial charge in [-0.2, -0.15) is 0 Å². The zero-order chi connectivity index (χ0) is 11.3. The molecule has 0 amide bonds. The Morgan fingerprint density at radius 1 is 1.67 bits per heavy atom. The van der Waals surface area contributed by atoms with Gasteiger partial charge < -0.3 is 15.3 Å². The van der Waals surface area contributed by atoms with Crippen molar-refractivity contribution in [3.05, 3.63) is 11.6 Å². The van der Waals surface area contributed by atoms with Crippen molar-refractivity contribution in [2.45, 2.75) is 13.3 Å². The molecule has 0 bridgehead atoms. The third-order valence-corrected chi connectivity index (χ3v) is 2.81. The van der Waals surface area contributed by atoms with Crippen LogP contribution in [0, 0.1) is 5.92 Å². The van der Waals surface area contributed by atoms with Crippen molar-refractivity contribution in [1.82, 2.24) is 10.2 Å². The first-order valence-corrected chi connectivity index (χ1v) is 5.39. The van der Waals surface area contributed by atoms with Crippen LogP contribution >= 0.6 is 0 Å². The standard InChI is InChI=1S/C11H20N2O2/c1-9(11(14)15)3-5-12-7-10-4-6-13(2)8-10/h3,10,12H,4-8H2,1-2H3,(H,14,15)/b9-3-. The van der Waals surface area contributed by atoms with E-state index in [0.717, 1.165) is 13.1 Å². The molecule has 0 aromatic heterocycles. The fourth-order valence-electron chi connectivity index (χ4n) is 1.79. The third-order valence-electron chi connectivity index (χ3n) is 2.81. The number of hydrogen-bond donors (Lipinski definition) is 2.